The third-order valence-corrected chi connectivity index (χ3v) is 4.43. The van der Waals surface area contributed by atoms with E-state index in [0.717, 1.165) is 11.8 Å². The van der Waals surface area contributed by atoms with E-state index in [-0.39, 0.29) is 0 Å². The monoisotopic (exact) mass is 221 g/mol. The largest absolute Gasteiger partial charge is 0.0817 e. The maximum atomic E-state index is 5.54. The molecular formula is C16H29. The van der Waals surface area contributed by atoms with Gasteiger partial charge in [-0.25, -0.2) is 0 Å². The molecule has 0 aromatic heterocycles. The maximum absolute atomic E-state index is 5.54. The minimum atomic E-state index is 0.517. The highest BCUT2D eigenvalue weighted by molar-refractivity contribution is 4.81. The van der Waals surface area contributed by atoms with E-state index in [9.17, 15) is 0 Å². The van der Waals surface area contributed by atoms with Crippen molar-refractivity contribution in [1.82, 2.24) is 0 Å². The van der Waals surface area contributed by atoms with E-state index in [1.54, 1.807) is 0 Å². The summed E-state index contributed by atoms with van der Waals surface area (Å²) in [5.74, 6) is 2.52. The number of hydrogen-bond donors (Lipinski definition) is 0. The molecule has 0 heterocycles. The van der Waals surface area contributed by atoms with Crippen LogP contribution in [0.15, 0.2) is 6.08 Å². The van der Waals surface area contributed by atoms with Crippen LogP contribution in [0.3, 0.4) is 0 Å². The number of allylic oxidation sites excluding steroid dienone is 1. The summed E-state index contributed by atoms with van der Waals surface area (Å²) in [4.78, 5) is 0. The van der Waals surface area contributed by atoms with E-state index in [0.29, 0.717) is 11.3 Å². The van der Waals surface area contributed by atoms with Crippen molar-refractivity contribution in [2.45, 2.75) is 66.2 Å². The molecule has 0 aliphatic heterocycles. The second-order valence-corrected chi connectivity index (χ2v) is 6.83. The Kier molecular flexibility index (Phi) is 5.08. The highest BCUT2D eigenvalue weighted by Gasteiger charge is 2.29. The fourth-order valence-electron chi connectivity index (χ4n) is 2.91. The second kappa shape index (κ2) is 5.89. The molecule has 0 N–H and O–H groups in total. The Bertz CT molecular complexity index is 201. The lowest BCUT2D eigenvalue weighted by Crippen LogP contribution is -2.25. The molecule has 1 fully saturated rings. The third kappa shape index (κ3) is 4.31. The first-order chi connectivity index (χ1) is 7.43. The molecule has 0 bridgehead atoms. The Balaban J connectivity index is 2.24. The Morgan fingerprint density at radius 3 is 2.19 bits per heavy atom. The minimum absolute atomic E-state index is 0.517. The van der Waals surface area contributed by atoms with Gasteiger partial charge < -0.3 is 0 Å². The molecule has 93 valence electrons. The van der Waals surface area contributed by atoms with E-state index in [1.165, 1.54) is 38.5 Å². The van der Waals surface area contributed by atoms with Crippen molar-refractivity contribution in [3.8, 4) is 0 Å². The smallest absolute Gasteiger partial charge is 0.0259 e. The lowest BCUT2D eigenvalue weighted by atomic mass is 9.69. The van der Waals surface area contributed by atoms with Gasteiger partial charge in [0.2, 0.25) is 0 Å². The van der Waals surface area contributed by atoms with Crippen LogP contribution < -0.4 is 0 Å². The Morgan fingerprint density at radius 2 is 1.75 bits per heavy atom. The average molecular weight is 221 g/mol. The van der Waals surface area contributed by atoms with Crippen molar-refractivity contribution in [2.24, 2.45) is 23.2 Å². The molecule has 0 spiro atoms. The number of hydrogen-bond acceptors (Lipinski definition) is 0. The highest BCUT2D eigenvalue weighted by Crippen LogP contribution is 2.41. The summed E-state index contributed by atoms with van der Waals surface area (Å²) in [6.07, 6.45) is 10.3. The molecule has 1 atom stereocenters. The predicted octanol–water partition coefficient (Wildman–Crippen LogP) is 5.24. The van der Waals surface area contributed by atoms with Gasteiger partial charge in [0.15, 0.2) is 0 Å². The fourth-order valence-corrected chi connectivity index (χ4v) is 2.91. The maximum Gasteiger partial charge on any atom is -0.0259 e. The third-order valence-electron chi connectivity index (χ3n) is 4.43. The molecule has 1 saturated carbocycles. The van der Waals surface area contributed by atoms with Crippen LogP contribution in [0.1, 0.15) is 66.2 Å². The summed E-state index contributed by atoms with van der Waals surface area (Å²) in [6.45, 7) is 14.9. The summed E-state index contributed by atoms with van der Waals surface area (Å²) >= 11 is 0. The summed E-state index contributed by atoms with van der Waals surface area (Å²) < 4.78 is 0. The first-order valence-corrected chi connectivity index (χ1v) is 6.98. The van der Waals surface area contributed by atoms with E-state index in [2.05, 4.69) is 27.7 Å². The normalized spacial score (nSPS) is 28.8. The van der Waals surface area contributed by atoms with Crippen molar-refractivity contribution in [2.75, 3.05) is 0 Å². The molecular weight excluding hydrogens is 192 g/mol. The van der Waals surface area contributed by atoms with Crippen molar-refractivity contribution in [1.29, 1.82) is 0 Å². The van der Waals surface area contributed by atoms with Gasteiger partial charge in [-0.05, 0) is 48.9 Å². The molecule has 16 heavy (non-hydrogen) atoms. The molecule has 0 amide bonds. The van der Waals surface area contributed by atoms with Crippen molar-refractivity contribution in [3.63, 3.8) is 0 Å². The van der Waals surface area contributed by atoms with Crippen LogP contribution in [0.5, 0.6) is 0 Å². The summed E-state index contributed by atoms with van der Waals surface area (Å²) in [7, 11) is 0. The van der Waals surface area contributed by atoms with Gasteiger partial charge in [-0.2, -0.15) is 0 Å². The first-order valence-electron chi connectivity index (χ1n) is 6.98. The van der Waals surface area contributed by atoms with Crippen LogP contribution in [-0.4, -0.2) is 0 Å². The first kappa shape index (κ1) is 13.8. The van der Waals surface area contributed by atoms with Crippen LogP contribution in [0, 0.1) is 29.7 Å². The topological polar surface area (TPSA) is 0 Å². The highest BCUT2D eigenvalue weighted by atomic mass is 14.3. The standard InChI is InChI=1S/C16H29/c1-6-13(2)7-8-14-9-11-15(12-10-14)16(3,4)5/h1,6,13-15H,7-12H2,2-5H3. The van der Waals surface area contributed by atoms with Gasteiger partial charge in [0, 0.05) is 0 Å². The molecule has 0 nitrogen and oxygen atoms in total. The number of rotatable bonds is 4. The molecule has 0 aromatic rings. The molecule has 1 aliphatic carbocycles. The molecule has 1 aliphatic rings. The van der Waals surface area contributed by atoms with E-state index < -0.39 is 0 Å². The van der Waals surface area contributed by atoms with Crippen LogP contribution in [0.25, 0.3) is 0 Å². The van der Waals surface area contributed by atoms with E-state index in [1.807, 2.05) is 6.08 Å². The Labute approximate surface area is 103 Å². The van der Waals surface area contributed by atoms with Crippen molar-refractivity contribution < 1.29 is 0 Å². The summed E-state index contributed by atoms with van der Waals surface area (Å²) in [5, 5.41) is 0. The van der Waals surface area contributed by atoms with Gasteiger partial charge in [0.25, 0.3) is 0 Å². The lowest BCUT2D eigenvalue weighted by Gasteiger charge is -2.37. The zero-order chi connectivity index (χ0) is 12.2. The van der Waals surface area contributed by atoms with Crippen molar-refractivity contribution >= 4 is 0 Å². The molecule has 0 heteroatoms. The molecule has 0 aromatic carbocycles. The van der Waals surface area contributed by atoms with Crippen LogP contribution in [-0.2, 0) is 0 Å². The summed E-state index contributed by atoms with van der Waals surface area (Å²) in [6, 6.07) is 0. The van der Waals surface area contributed by atoms with Gasteiger partial charge in [0.1, 0.15) is 0 Å². The van der Waals surface area contributed by atoms with Gasteiger partial charge in [-0.3, -0.25) is 0 Å². The zero-order valence-electron chi connectivity index (χ0n) is 11.6. The quantitative estimate of drug-likeness (QED) is 0.608. The predicted molar refractivity (Wildman–Crippen MR) is 72.2 cm³/mol. The van der Waals surface area contributed by atoms with E-state index >= 15 is 0 Å². The van der Waals surface area contributed by atoms with Gasteiger partial charge in [-0.15, -0.1) is 0 Å². The SMILES string of the molecule is [CH]=CC(C)CCC1CCC(C(C)(C)C)CC1. The van der Waals surface area contributed by atoms with Crippen LogP contribution >= 0.6 is 0 Å². The zero-order valence-corrected chi connectivity index (χ0v) is 11.6. The van der Waals surface area contributed by atoms with Gasteiger partial charge in [0.05, 0.1) is 0 Å². The Morgan fingerprint density at radius 1 is 1.19 bits per heavy atom. The lowest BCUT2D eigenvalue weighted by molar-refractivity contribution is 0.144. The average Bonchev–Trinajstić information content (AvgIpc) is 2.25. The van der Waals surface area contributed by atoms with Gasteiger partial charge in [-0.1, -0.05) is 53.2 Å². The fraction of sp³-hybridized carbons (Fsp3) is 0.875. The van der Waals surface area contributed by atoms with Crippen LogP contribution in [0.2, 0.25) is 0 Å². The molecule has 1 unspecified atom stereocenters. The van der Waals surface area contributed by atoms with E-state index in [4.69, 9.17) is 6.58 Å². The second-order valence-electron chi connectivity index (χ2n) is 6.83. The van der Waals surface area contributed by atoms with Crippen LogP contribution in [0.4, 0.5) is 0 Å². The Hall–Kier alpha value is -0.260. The van der Waals surface area contributed by atoms with Crippen molar-refractivity contribution in [3.05, 3.63) is 12.7 Å². The molecule has 0 saturated heterocycles. The summed E-state index contributed by atoms with van der Waals surface area (Å²) in [5.41, 5.74) is 0.517. The minimum Gasteiger partial charge on any atom is -0.0817 e. The van der Waals surface area contributed by atoms with Gasteiger partial charge >= 0.3 is 0 Å². The molecule has 1 rings (SSSR count). The molecule has 1 radical (unpaired) electrons.